The van der Waals surface area contributed by atoms with Crippen molar-refractivity contribution in [3.8, 4) is 11.5 Å². The highest BCUT2D eigenvalue weighted by Crippen LogP contribution is 2.28. The van der Waals surface area contributed by atoms with E-state index < -0.39 is 5.41 Å². The molecule has 0 saturated heterocycles. The zero-order chi connectivity index (χ0) is 24.4. The summed E-state index contributed by atoms with van der Waals surface area (Å²) in [4.78, 5) is 30.8. The molecule has 2 aromatic rings. The van der Waals surface area contributed by atoms with E-state index in [0.717, 1.165) is 10.4 Å². The Balaban J connectivity index is 2.17. The number of benzene rings is 1. The average molecular weight is 477 g/mol. The van der Waals surface area contributed by atoms with Crippen molar-refractivity contribution < 1.29 is 23.8 Å². The molecule has 2 rings (SSSR count). The first kappa shape index (κ1) is 26.7. The molecule has 0 saturated carbocycles. The van der Waals surface area contributed by atoms with Crippen molar-refractivity contribution in [1.82, 2.24) is 9.80 Å². The van der Waals surface area contributed by atoms with Gasteiger partial charge in [0.05, 0.1) is 33.9 Å². The minimum absolute atomic E-state index is 0.0246. The minimum atomic E-state index is -0.577. The van der Waals surface area contributed by atoms with Gasteiger partial charge in [-0.1, -0.05) is 32.9 Å². The fourth-order valence-corrected chi connectivity index (χ4v) is 4.09. The van der Waals surface area contributed by atoms with E-state index in [0.29, 0.717) is 44.2 Å². The van der Waals surface area contributed by atoms with Crippen molar-refractivity contribution in [2.75, 3.05) is 47.6 Å². The van der Waals surface area contributed by atoms with Crippen molar-refractivity contribution in [3.05, 3.63) is 46.2 Å². The third-order valence-corrected chi connectivity index (χ3v) is 6.08. The molecule has 0 aliphatic carbocycles. The van der Waals surface area contributed by atoms with E-state index in [-0.39, 0.29) is 18.4 Å². The molecule has 0 radical (unpaired) electrons. The summed E-state index contributed by atoms with van der Waals surface area (Å²) in [7, 11) is 4.80. The van der Waals surface area contributed by atoms with Crippen LogP contribution in [-0.4, -0.2) is 69.2 Å². The maximum Gasteiger partial charge on any atom is 0.242 e. The van der Waals surface area contributed by atoms with E-state index >= 15 is 0 Å². The van der Waals surface area contributed by atoms with Crippen molar-refractivity contribution in [3.63, 3.8) is 0 Å². The number of thiophene rings is 1. The molecule has 1 aromatic heterocycles. The summed E-state index contributed by atoms with van der Waals surface area (Å²) >= 11 is 1.61. The van der Waals surface area contributed by atoms with Crippen LogP contribution in [0.15, 0.2) is 35.7 Å². The van der Waals surface area contributed by atoms with E-state index in [4.69, 9.17) is 14.2 Å². The summed E-state index contributed by atoms with van der Waals surface area (Å²) in [5.74, 6) is 1.18. The van der Waals surface area contributed by atoms with Crippen molar-refractivity contribution in [2.45, 2.75) is 33.7 Å². The Labute approximate surface area is 201 Å². The number of carbonyl (C=O) groups is 2. The standard InChI is InChI=1S/C25H36N2O5S/c1-25(2,3)24(29)27(13-14-30-4)18-23(28)26(17-20-8-7-15-33-20)12-11-19-9-10-21(31-5)22(16-19)32-6/h7-10,15-16H,11-14,17-18H2,1-6H3. The molecule has 33 heavy (non-hydrogen) atoms. The molecule has 182 valence electrons. The summed E-state index contributed by atoms with van der Waals surface area (Å²) in [6.07, 6.45) is 0.656. The van der Waals surface area contributed by atoms with Crippen molar-refractivity contribution in [2.24, 2.45) is 5.41 Å². The molecule has 0 bridgehead atoms. The molecular weight excluding hydrogens is 440 g/mol. The van der Waals surface area contributed by atoms with Crippen molar-refractivity contribution in [1.29, 1.82) is 0 Å². The molecule has 0 aliphatic heterocycles. The largest absolute Gasteiger partial charge is 0.493 e. The molecule has 0 atom stereocenters. The van der Waals surface area contributed by atoms with Gasteiger partial charge in [-0.25, -0.2) is 0 Å². The number of amides is 2. The molecule has 0 spiro atoms. The van der Waals surface area contributed by atoms with Crippen LogP contribution >= 0.6 is 11.3 Å². The summed E-state index contributed by atoms with van der Waals surface area (Å²) in [5.41, 5.74) is 0.463. The van der Waals surface area contributed by atoms with Crippen LogP contribution in [0.4, 0.5) is 0 Å². The smallest absolute Gasteiger partial charge is 0.242 e. The Kier molecular flexibility index (Phi) is 10.2. The average Bonchev–Trinajstić information content (AvgIpc) is 3.31. The molecule has 0 fully saturated rings. The van der Waals surface area contributed by atoms with Gasteiger partial charge in [0, 0.05) is 30.5 Å². The molecule has 8 heteroatoms. The number of nitrogens with zero attached hydrogens (tertiary/aromatic N) is 2. The second kappa shape index (κ2) is 12.6. The van der Waals surface area contributed by atoms with Crippen LogP contribution in [0.2, 0.25) is 0 Å². The number of methoxy groups -OCH3 is 3. The third kappa shape index (κ3) is 8.05. The monoisotopic (exact) mass is 476 g/mol. The summed E-state index contributed by atoms with van der Waals surface area (Å²) in [6, 6.07) is 9.77. The molecule has 7 nitrogen and oxygen atoms in total. The highest BCUT2D eigenvalue weighted by Gasteiger charge is 2.29. The molecule has 1 aromatic carbocycles. The molecule has 1 heterocycles. The van der Waals surface area contributed by atoms with Gasteiger partial charge in [-0.05, 0) is 35.6 Å². The van der Waals surface area contributed by atoms with E-state index in [1.807, 2.05) is 61.4 Å². The number of rotatable bonds is 12. The lowest BCUT2D eigenvalue weighted by molar-refractivity contribution is -0.146. The Morgan fingerprint density at radius 3 is 2.27 bits per heavy atom. The van der Waals surface area contributed by atoms with Gasteiger partial charge < -0.3 is 24.0 Å². The zero-order valence-corrected chi connectivity index (χ0v) is 21.4. The fourth-order valence-electron chi connectivity index (χ4n) is 3.37. The number of carbonyl (C=O) groups excluding carboxylic acids is 2. The predicted octanol–water partition coefficient (Wildman–Crippen LogP) is 3.86. The lowest BCUT2D eigenvalue weighted by Crippen LogP contribution is -2.47. The Hall–Kier alpha value is -2.58. The highest BCUT2D eigenvalue weighted by molar-refractivity contribution is 7.09. The molecule has 2 amide bonds. The number of ether oxygens (including phenoxy) is 3. The maximum atomic E-state index is 13.4. The lowest BCUT2D eigenvalue weighted by atomic mass is 9.94. The lowest BCUT2D eigenvalue weighted by Gasteiger charge is -2.31. The highest BCUT2D eigenvalue weighted by atomic mass is 32.1. The fraction of sp³-hybridized carbons (Fsp3) is 0.520. The minimum Gasteiger partial charge on any atom is -0.493 e. The van der Waals surface area contributed by atoms with Gasteiger partial charge in [0.2, 0.25) is 11.8 Å². The first-order chi connectivity index (χ1) is 15.7. The second-order valence-electron chi connectivity index (χ2n) is 8.80. The summed E-state index contributed by atoms with van der Waals surface area (Å²) < 4.78 is 15.9. The molecular formula is C25H36N2O5S. The normalized spacial score (nSPS) is 11.2. The van der Waals surface area contributed by atoms with Crippen LogP contribution in [0.5, 0.6) is 11.5 Å². The van der Waals surface area contributed by atoms with Gasteiger partial charge in [-0.3, -0.25) is 9.59 Å². The Morgan fingerprint density at radius 1 is 0.970 bits per heavy atom. The van der Waals surface area contributed by atoms with Gasteiger partial charge in [0.25, 0.3) is 0 Å². The zero-order valence-electron chi connectivity index (χ0n) is 20.6. The Morgan fingerprint density at radius 2 is 1.70 bits per heavy atom. The van der Waals surface area contributed by atoms with E-state index in [9.17, 15) is 9.59 Å². The van der Waals surface area contributed by atoms with Crippen LogP contribution in [0.3, 0.4) is 0 Å². The number of hydrogen-bond donors (Lipinski definition) is 0. The maximum absolute atomic E-state index is 13.4. The van der Waals surface area contributed by atoms with Gasteiger partial charge >= 0.3 is 0 Å². The van der Waals surface area contributed by atoms with Gasteiger partial charge in [-0.2, -0.15) is 0 Å². The second-order valence-corrected chi connectivity index (χ2v) is 9.84. The number of hydrogen-bond acceptors (Lipinski definition) is 6. The Bertz CT molecular complexity index is 893. The first-order valence-electron chi connectivity index (χ1n) is 11.0. The van der Waals surface area contributed by atoms with Gasteiger partial charge in [-0.15, -0.1) is 11.3 Å². The van der Waals surface area contributed by atoms with Crippen LogP contribution in [0.25, 0.3) is 0 Å². The molecule has 0 unspecified atom stereocenters. The van der Waals surface area contributed by atoms with Crippen LogP contribution in [0, 0.1) is 5.41 Å². The van der Waals surface area contributed by atoms with Crippen molar-refractivity contribution >= 4 is 23.2 Å². The van der Waals surface area contributed by atoms with E-state index in [2.05, 4.69) is 0 Å². The third-order valence-electron chi connectivity index (χ3n) is 5.22. The quantitative estimate of drug-likeness (QED) is 0.465. The topological polar surface area (TPSA) is 68.3 Å². The molecule has 0 N–H and O–H groups in total. The summed E-state index contributed by atoms with van der Waals surface area (Å²) in [6.45, 7) is 7.39. The van der Waals surface area contributed by atoms with Crippen LogP contribution < -0.4 is 9.47 Å². The summed E-state index contributed by atoms with van der Waals surface area (Å²) in [5, 5.41) is 2.00. The van der Waals surface area contributed by atoms with Gasteiger partial charge in [0.15, 0.2) is 11.5 Å². The predicted molar refractivity (Wildman–Crippen MR) is 131 cm³/mol. The van der Waals surface area contributed by atoms with Crippen LogP contribution in [0.1, 0.15) is 31.2 Å². The van der Waals surface area contributed by atoms with Gasteiger partial charge in [0.1, 0.15) is 0 Å². The SMILES string of the molecule is COCCN(CC(=O)N(CCc1ccc(OC)c(OC)c1)Cc1cccs1)C(=O)C(C)(C)C. The first-order valence-corrected chi connectivity index (χ1v) is 11.9. The molecule has 0 aliphatic rings. The van der Waals surface area contributed by atoms with Crippen LogP contribution in [-0.2, 0) is 27.3 Å². The van der Waals surface area contributed by atoms with E-state index in [1.165, 1.54) is 0 Å². The van der Waals surface area contributed by atoms with E-state index in [1.54, 1.807) is 37.6 Å².